The molecule has 1 rings (SSSR count). The van der Waals surface area contributed by atoms with Crippen LogP contribution in [0.1, 0.15) is 12.5 Å². The fourth-order valence-electron chi connectivity index (χ4n) is 1.83. The third-order valence-electron chi connectivity index (χ3n) is 2.85. The molecule has 0 aliphatic rings. The first-order valence-electron chi connectivity index (χ1n) is 6.25. The molecule has 0 fully saturated rings. The van der Waals surface area contributed by atoms with E-state index in [-0.39, 0.29) is 6.42 Å². The van der Waals surface area contributed by atoms with E-state index in [1.165, 1.54) is 6.92 Å². The van der Waals surface area contributed by atoms with Crippen molar-refractivity contribution in [1.29, 1.82) is 0 Å². The van der Waals surface area contributed by atoms with Gasteiger partial charge in [-0.2, -0.15) is 0 Å². The largest absolute Gasteiger partial charge is 0.497 e. The van der Waals surface area contributed by atoms with Crippen LogP contribution in [0.3, 0.4) is 0 Å². The minimum absolute atomic E-state index is 0.180. The van der Waals surface area contributed by atoms with Crippen molar-refractivity contribution < 1.29 is 29.6 Å². The van der Waals surface area contributed by atoms with Crippen molar-refractivity contribution in [1.82, 2.24) is 0 Å². The molecule has 0 unspecified atom stereocenters. The van der Waals surface area contributed by atoms with E-state index in [4.69, 9.17) is 14.6 Å². The van der Waals surface area contributed by atoms with E-state index in [1.807, 2.05) is 0 Å². The third-order valence-corrected chi connectivity index (χ3v) is 2.85. The normalized spacial score (nSPS) is 15.2. The summed E-state index contributed by atoms with van der Waals surface area (Å²) in [5.41, 5.74) is 0.792. The summed E-state index contributed by atoms with van der Waals surface area (Å²) in [7, 11) is 1.55. The van der Waals surface area contributed by atoms with Gasteiger partial charge in [0.05, 0.1) is 19.8 Å². The van der Waals surface area contributed by atoms with Gasteiger partial charge in [-0.3, -0.25) is 4.79 Å². The van der Waals surface area contributed by atoms with Crippen LogP contribution in [-0.4, -0.2) is 53.3 Å². The average Bonchev–Trinajstić information content (AvgIpc) is 2.44. The van der Waals surface area contributed by atoms with Gasteiger partial charge in [0.25, 0.3) is 0 Å². The monoisotopic (exact) mass is 284 g/mol. The molecule has 6 heteroatoms. The molecular weight excluding hydrogens is 264 g/mol. The fraction of sp³-hybridized carbons (Fsp3) is 0.500. The number of hydrogen-bond acceptors (Lipinski definition) is 6. The lowest BCUT2D eigenvalue weighted by Gasteiger charge is -2.26. The van der Waals surface area contributed by atoms with Gasteiger partial charge in [-0.25, -0.2) is 0 Å². The molecule has 0 aliphatic carbocycles. The molecule has 0 saturated carbocycles. The molecule has 6 nitrogen and oxygen atoms in total. The first kappa shape index (κ1) is 16.4. The Morgan fingerprint density at radius 1 is 1.20 bits per heavy atom. The molecule has 3 atom stereocenters. The standard InChI is InChI=1S/C14H20O6/c1-9(16)20-14(13(18)8-15)12(17)7-10-3-5-11(19-2)6-4-10/h3-6,12-15,17-18H,7-8H2,1-2H3/t12-,13+,14+/m0/s1. The maximum Gasteiger partial charge on any atom is 0.303 e. The minimum Gasteiger partial charge on any atom is -0.497 e. The Morgan fingerprint density at radius 2 is 1.80 bits per heavy atom. The second kappa shape index (κ2) is 7.84. The van der Waals surface area contributed by atoms with E-state index in [0.29, 0.717) is 5.75 Å². The highest BCUT2D eigenvalue weighted by molar-refractivity contribution is 5.66. The first-order valence-corrected chi connectivity index (χ1v) is 6.25. The molecule has 0 aliphatic heterocycles. The lowest BCUT2D eigenvalue weighted by Crippen LogP contribution is -2.43. The smallest absolute Gasteiger partial charge is 0.303 e. The predicted molar refractivity (Wildman–Crippen MR) is 71.4 cm³/mol. The molecule has 1 aromatic rings. The molecule has 0 bridgehead atoms. The number of hydrogen-bond donors (Lipinski definition) is 3. The van der Waals surface area contributed by atoms with Crippen molar-refractivity contribution in [2.75, 3.05) is 13.7 Å². The maximum atomic E-state index is 11.0. The van der Waals surface area contributed by atoms with Crippen LogP contribution in [-0.2, 0) is 16.0 Å². The third kappa shape index (κ3) is 4.80. The Balaban J connectivity index is 2.73. The van der Waals surface area contributed by atoms with Crippen molar-refractivity contribution in [3.8, 4) is 5.75 Å². The Kier molecular flexibility index (Phi) is 6.44. The van der Waals surface area contributed by atoms with Gasteiger partial charge in [0.15, 0.2) is 6.10 Å². The van der Waals surface area contributed by atoms with Crippen LogP contribution in [0.2, 0.25) is 0 Å². The Bertz CT molecular complexity index is 416. The first-order chi connectivity index (χ1) is 9.47. The summed E-state index contributed by atoms with van der Waals surface area (Å²) < 4.78 is 9.88. The fourth-order valence-corrected chi connectivity index (χ4v) is 1.83. The van der Waals surface area contributed by atoms with Crippen molar-refractivity contribution in [3.05, 3.63) is 29.8 Å². The summed E-state index contributed by atoms with van der Waals surface area (Å²) in [6.07, 6.45) is -3.43. The van der Waals surface area contributed by atoms with E-state index < -0.39 is 30.9 Å². The number of carbonyl (C=O) groups excluding carboxylic acids is 1. The van der Waals surface area contributed by atoms with Crippen LogP contribution in [0, 0.1) is 0 Å². The SMILES string of the molecule is COc1ccc(C[C@H](O)[C@@H](OC(C)=O)[C@H](O)CO)cc1. The molecule has 0 amide bonds. The average molecular weight is 284 g/mol. The van der Waals surface area contributed by atoms with E-state index in [0.717, 1.165) is 5.56 Å². The zero-order valence-electron chi connectivity index (χ0n) is 11.5. The number of benzene rings is 1. The lowest BCUT2D eigenvalue weighted by molar-refractivity contribution is -0.164. The van der Waals surface area contributed by atoms with Gasteiger partial charge in [-0.15, -0.1) is 0 Å². The van der Waals surface area contributed by atoms with Crippen molar-refractivity contribution >= 4 is 5.97 Å². The molecule has 0 heterocycles. The molecule has 0 spiro atoms. The number of rotatable bonds is 7. The number of aliphatic hydroxyl groups excluding tert-OH is 3. The van der Waals surface area contributed by atoms with E-state index in [9.17, 15) is 15.0 Å². The van der Waals surface area contributed by atoms with Crippen LogP contribution < -0.4 is 4.74 Å². The van der Waals surface area contributed by atoms with Gasteiger partial charge >= 0.3 is 5.97 Å². The topological polar surface area (TPSA) is 96.2 Å². The molecule has 20 heavy (non-hydrogen) atoms. The van der Waals surface area contributed by atoms with Crippen molar-refractivity contribution in [3.63, 3.8) is 0 Å². The van der Waals surface area contributed by atoms with Gasteiger partial charge < -0.3 is 24.8 Å². The molecule has 1 aromatic carbocycles. The molecule has 0 saturated heterocycles. The van der Waals surface area contributed by atoms with Crippen LogP contribution in [0.5, 0.6) is 5.75 Å². The Morgan fingerprint density at radius 3 is 2.25 bits per heavy atom. The molecule has 0 aromatic heterocycles. The van der Waals surface area contributed by atoms with Crippen LogP contribution >= 0.6 is 0 Å². The second-order valence-electron chi connectivity index (χ2n) is 4.44. The quantitative estimate of drug-likeness (QED) is 0.604. The van der Waals surface area contributed by atoms with E-state index in [2.05, 4.69) is 0 Å². The highest BCUT2D eigenvalue weighted by Crippen LogP contribution is 2.16. The molecule has 3 N–H and O–H groups in total. The Hall–Kier alpha value is -1.63. The van der Waals surface area contributed by atoms with Gasteiger partial charge in [0.1, 0.15) is 11.9 Å². The summed E-state index contributed by atoms with van der Waals surface area (Å²) >= 11 is 0. The summed E-state index contributed by atoms with van der Waals surface area (Å²) in [4.78, 5) is 11.0. The van der Waals surface area contributed by atoms with Crippen molar-refractivity contribution in [2.24, 2.45) is 0 Å². The summed E-state index contributed by atoms with van der Waals surface area (Å²) in [5, 5.41) is 28.6. The maximum absolute atomic E-state index is 11.0. The summed E-state index contributed by atoms with van der Waals surface area (Å²) in [6.45, 7) is 0.578. The number of methoxy groups -OCH3 is 1. The van der Waals surface area contributed by atoms with E-state index in [1.54, 1.807) is 31.4 Å². The summed E-state index contributed by atoms with van der Waals surface area (Å²) in [6, 6.07) is 7.01. The van der Waals surface area contributed by atoms with E-state index >= 15 is 0 Å². The predicted octanol–water partition coefficient (Wildman–Crippen LogP) is -0.117. The molecular formula is C14H20O6. The zero-order chi connectivity index (χ0) is 15.1. The number of aliphatic hydroxyl groups is 3. The minimum atomic E-state index is -1.33. The number of esters is 1. The van der Waals surface area contributed by atoms with Crippen LogP contribution in [0.25, 0.3) is 0 Å². The van der Waals surface area contributed by atoms with Gasteiger partial charge in [0.2, 0.25) is 0 Å². The zero-order valence-corrected chi connectivity index (χ0v) is 11.5. The van der Waals surface area contributed by atoms with Crippen LogP contribution in [0.4, 0.5) is 0 Å². The van der Waals surface area contributed by atoms with Gasteiger partial charge in [0, 0.05) is 13.3 Å². The van der Waals surface area contributed by atoms with Crippen LogP contribution in [0.15, 0.2) is 24.3 Å². The van der Waals surface area contributed by atoms with Crippen molar-refractivity contribution in [2.45, 2.75) is 31.7 Å². The highest BCUT2D eigenvalue weighted by Gasteiger charge is 2.29. The Labute approximate surface area is 117 Å². The van der Waals surface area contributed by atoms with Gasteiger partial charge in [-0.1, -0.05) is 12.1 Å². The number of ether oxygens (including phenoxy) is 2. The highest BCUT2D eigenvalue weighted by atomic mass is 16.6. The summed E-state index contributed by atoms with van der Waals surface area (Å²) in [5.74, 6) is 0.0615. The molecule has 0 radical (unpaired) electrons. The molecule has 112 valence electrons. The van der Waals surface area contributed by atoms with Gasteiger partial charge in [-0.05, 0) is 17.7 Å². The second-order valence-corrected chi connectivity index (χ2v) is 4.44. The lowest BCUT2D eigenvalue weighted by atomic mass is 10.0. The number of carbonyl (C=O) groups is 1.